The standard InChI is InChI=1S/C20H27N3OS2/c1-5-14-6-15-17(21-12-22-18(15)26-14)25-9-16(24)23-11-20(4)8-13(23)7-19(2,3)10-20/h6,12-13H,5,7-11H2,1-4H3. The van der Waals surface area contributed by atoms with Gasteiger partial charge in [-0.3, -0.25) is 4.79 Å². The van der Waals surface area contributed by atoms with E-state index in [-0.39, 0.29) is 11.3 Å². The maximum Gasteiger partial charge on any atom is 0.233 e. The topological polar surface area (TPSA) is 46.1 Å². The number of likely N-dealkylation sites (tertiary alicyclic amines) is 1. The van der Waals surface area contributed by atoms with Crippen molar-refractivity contribution in [2.75, 3.05) is 12.3 Å². The lowest BCUT2D eigenvalue weighted by Crippen LogP contribution is -2.38. The summed E-state index contributed by atoms with van der Waals surface area (Å²) < 4.78 is 0. The Balaban J connectivity index is 1.47. The zero-order chi connectivity index (χ0) is 18.5. The zero-order valence-electron chi connectivity index (χ0n) is 16.0. The maximum absolute atomic E-state index is 13.0. The highest BCUT2D eigenvalue weighted by molar-refractivity contribution is 8.00. The predicted molar refractivity (Wildman–Crippen MR) is 109 cm³/mol. The number of fused-ring (bicyclic) bond motifs is 3. The molecule has 1 aliphatic heterocycles. The molecule has 4 nitrogen and oxygen atoms in total. The number of rotatable bonds is 4. The number of carbonyl (C=O) groups excluding carboxylic acids is 1. The first-order chi connectivity index (χ1) is 12.3. The average molecular weight is 390 g/mol. The molecule has 26 heavy (non-hydrogen) atoms. The molecule has 6 heteroatoms. The number of hydrogen-bond acceptors (Lipinski definition) is 5. The molecule has 2 bridgehead atoms. The van der Waals surface area contributed by atoms with Crippen molar-refractivity contribution in [3.8, 4) is 0 Å². The Morgan fingerprint density at radius 3 is 2.92 bits per heavy atom. The van der Waals surface area contributed by atoms with E-state index in [1.54, 1.807) is 29.4 Å². The molecule has 1 amide bonds. The Morgan fingerprint density at radius 2 is 2.15 bits per heavy atom. The van der Waals surface area contributed by atoms with Gasteiger partial charge in [0.25, 0.3) is 0 Å². The number of carbonyl (C=O) groups is 1. The second kappa shape index (κ2) is 6.48. The van der Waals surface area contributed by atoms with Gasteiger partial charge in [0, 0.05) is 22.8 Å². The third kappa shape index (κ3) is 3.38. The second-order valence-electron chi connectivity index (χ2n) is 8.99. The van der Waals surface area contributed by atoms with E-state index in [0.717, 1.165) is 41.0 Å². The first-order valence-electron chi connectivity index (χ1n) is 9.44. The molecule has 3 heterocycles. The van der Waals surface area contributed by atoms with Crippen molar-refractivity contribution in [3.05, 3.63) is 17.3 Å². The van der Waals surface area contributed by atoms with Crippen LogP contribution in [-0.4, -0.2) is 39.1 Å². The normalized spacial score (nSPS) is 27.2. The molecule has 2 unspecified atom stereocenters. The van der Waals surface area contributed by atoms with E-state index >= 15 is 0 Å². The van der Waals surface area contributed by atoms with Gasteiger partial charge in [0.05, 0.1) is 5.75 Å². The number of nitrogens with zero attached hydrogens (tertiary/aromatic N) is 3. The summed E-state index contributed by atoms with van der Waals surface area (Å²) in [5, 5.41) is 2.04. The Morgan fingerprint density at radius 1 is 1.35 bits per heavy atom. The SMILES string of the molecule is CCc1cc2c(SCC(=O)N3CC4(C)CC3CC(C)(C)C4)ncnc2s1. The molecular formula is C20H27N3OS2. The summed E-state index contributed by atoms with van der Waals surface area (Å²) >= 11 is 3.29. The third-order valence-corrected chi connectivity index (χ3v) is 7.94. The van der Waals surface area contributed by atoms with Crippen molar-refractivity contribution in [3.63, 3.8) is 0 Å². The first kappa shape index (κ1) is 18.2. The van der Waals surface area contributed by atoms with E-state index in [0.29, 0.717) is 17.2 Å². The molecule has 2 fully saturated rings. The maximum atomic E-state index is 13.0. The molecule has 1 saturated heterocycles. The van der Waals surface area contributed by atoms with Crippen LogP contribution in [0.5, 0.6) is 0 Å². The van der Waals surface area contributed by atoms with E-state index in [4.69, 9.17) is 0 Å². The van der Waals surface area contributed by atoms with Gasteiger partial charge >= 0.3 is 0 Å². The quantitative estimate of drug-likeness (QED) is 0.558. The van der Waals surface area contributed by atoms with Crippen molar-refractivity contribution >= 4 is 39.2 Å². The van der Waals surface area contributed by atoms with Crippen LogP contribution in [0.2, 0.25) is 0 Å². The van der Waals surface area contributed by atoms with Crippen molar-refractivity contribution in [1.82, 2.24) is 14.9 Å². The lowest BCUT2D eigenvalue weighted by Gasteiger charge is -2.39. The Bertz CT molecular complexity index is 847. The van der Waals surface area contributed by atoms with Crippen molar-refractivity contribution in [1.29, 1.82) is 0 Å². The van der Waals surface area contributed by atoms with Crippen LogP contribution in [0, 0.1) is 10.8 Å². The van der Waals surface area contributed by atoms with E-state index in [1.165, 1.54) is 11.3 Å². The lowest BCUT2D eigenvalue weighted by atomic mass is 9.65. The molecule has 1 aliphatic carbocycles. The summed E-state index contributed by atoms with van der Waals surface area (Å²) in [5.41, 5.74) is 0.629. The van der Waals surface area contributed by atoms with Gasteiger partial charge in [0.1, 0.15) is 16.2 Å². The first-order valence-corrected chi connectivity index (χ1v) is 11.2. The van der Waals surface area contributed by atoms with Crippen LogP contribution in [-0.2, 0) is 11.2 Å². The molecule has 2 atom stereocenters. The molecule has 0 radical (unpaired) electrons. The van der Waals surface area contributed by atoms with Gasteiger partial charge in [-0.05, 0) is 42.6 Å². The predicted octanol–water partition coefficient (Wildman–Crippen LogP) is 4.77. The minimum absolute atomic E-state index is 0.263. The van der Waals surface area contributed by atoms with Gasteiger partial charge in [-0.15, -0.1) is 11.3 Å². The van der Waals surface area contributed by atoms with Crippen LogP contribution in [0.15, 0.2) is 17.4 Å². The van der Waals surface area contributed by atoms with Gasteiger partial charge in [0.2, 0.25) is 5.91 Å². The minimum Gasteiger partial charge on any atom is -0.338 e. The fourth-order valence-corrected chi connectivity index (χ4v) is 7.00. The van der Waals surface area contributed by atoms with E-state index in [2.05, 4.69) is 48.6 Å². The Hall–Kier alpha value is -1.14. The number of aromatic nitrogens is 2. The molecule has 1 saturated carbocycles. The van der Waals surface area contributed by atoms with Crippen molar-refractivity contribution in [2.24, 2.45) is 10.8 Å². The van der Waals surface area contributed by atoms with Gasteiger partial charge in [-0.1, -0.05) is 39.5 Å². The van der Waals surface area contributed by atoms with Gasteiger partial charge in [0.15, 0.2) is 0 Å². The minimum atomic E-state index is 0.263. The number of thioether (sulfide) groups is 1. The van der Waals surface area contributed by atoms with Crippen LogP contribution in [0.1, 0.15) is 51.8 Å². The fraction of sp³-hybridized carbons (Fsp3) is 0.650. The van der Waals surface area contributed by atoms with E-state index in [9.17, 15) is 4.79 Å². The summed E-state index contributed by atoms with van der Waals surface area (Å²) in [4.78, 5) is 26.3. The van der Waals surface area contributed by atoms with Gasteiger partial charge in [-0.25, -0.2) is 9.97 Å². The Labute approximate surface area is 163 Å². The highest BCUT2D eigenvalue weighted by Gasteiger charge is 2.50. The zero-order valence-corrected chi connectivity index (χ0v) is 17.7. The third-order valence-electron chi connectivity index (χ3n) is 5.76. The molecule has 0 spiro atoms. The van der Waals surface area contributed by atoms with Crippen LogP contribution in [0.25, 0.3) is 10.2 Å². The monoisotopic (exact) mass is 389 g/mol. The highest BCUT2D eigenvalue weighted by Crippen LogP contribution is 2.52. The molecule has 2 aromatic rings. The fourth-order valence-electron chi connectivity index (χ4n) is 5.14. The summed E-state index contributed by atoms with van der Waals surface area (Å²) in [6.45, 7) is 10.1. The number of amides is 1. The van der Waals surface area contributed by atoms with Crippen LogP contribution in [0.4, 0.5) is 0 Å². The average Bonchev–Trinajstić information content (AvgIpc) is 3.09. The summed E-state index contributed by atoms with van der Waals surface area (Å²) in [6.07, 6.45) is 6.14. The number of hydrogen-bond donors (Lipinski definition) is 0. The summed E-state index contributed by atoms with van der Waals surface area (Å²) in [6, 6.07) is 2.59. The van der Waals surface area contributed by atoms with Crippen molar-refractivity contribution in [2.45, 2.75) is 64.4 Å². The highest BCUT2D eigenvalue weighted by atomic mass is 32.2. The second-order valence-corrected chi connectivity index (χ2v) is 11.1. The number of thiophene rings is 1. The van der Waals surface area contributed by atoms with Gasteiger partial charge in [-0.2, -0.15) is 0 Å². The van der Waals surface area contributed by atoms with Gasteiger partial charge < -0.3 is 4.90 Å². The smallest absolute Gasteiger partial charge is 0.233 e. The van der Waals surface area contributed by atoms with Crippen LogP contribution in [0.3, 0.4) is 0 Å². The van der Waals surface area contributed by atoms with E-state index < -0.39 is 0 Å². The summed E-state index contributed by atoms with van der Waals surface area (Å²) in [7, 11) is 0. The number of aryl methyl sites for hydroxylation is 1. The molecule has 0 N–H and O–H groups in total. The van der Waals surface area contributed by atoms with E-state index in [1.807, 2.05) is 0 Å². The molecule has 4 rings (SSSR count). The van der Waals surface area contributed by atoms with Crippen LogP contribution < -0.4 is 0 Å². The van der Waals surface area contributed by atoms with Crippen LogP contribution >= 0.6 is 23.1 Å². The lowest BCUT2D eigenvalue weighted by molar-refractivity contribution is -0.129. The van der Waals surface area contributed by atoms with Crippen molar-refractivity contribution < 1.29 is 4.79 Å². The largest absolute Gasteiger partial charge is 0.338 e. The summed E-state index contributed by atoms with van der Waals surface area (Å²) in [5.74, 6) is 0.732. The molecule has 0 aromatic carbocycles. The molecule has 2 aliphatic rings. The Kier molecular flexibility index (Phi) is 4.55. The molecule has 140 valence electrons. The molecular weight excluding hydrogens is 362 g/mol. The molecule has 2 aromatic heterocycles.